The van der Waals surface area contributed by atoms with Gasteiger partial charge in [0, 0.05) is 5.39 Å². The predicted molar refractivity (Wildman–Crippen MR) is 87.0 cm³/mol. The lowest BCUT2D eigenvalue weighted by Gasteiger charge is -2.03. The number of thiophene rings is 1. The minimum Gasteiger partial charge on any atom is -0.274 e. The molecule has 5 nitrogen and oxygen atoms in total. The van der Waals surface area contributed by atoms with Gasteiger partial charge in [-0.1, -0.05) is 30.3 Å². The smallest absolute Gasteiger partial charge is 0.274 e. The highest BCUT2D eigenvalue weighted by atomic mass is 32.1. The number of amides is 1. The maximum absolute atomic E-state index is 12.0. The number of nitrogens with one attached hydrogen (secondary N) is 1. The first-order valence-electron chi connectivity index (χ1n) is 7.12. The molecule has 114 valence electrons. The Bertz CT molecular complexity index is 792. The summed E-state index contributed by atoms with van der Waals surface area (Å²) >= 11 is 1.43. The van der Waals surface area contributed by atoms with Crippen molar-refractivity contribution in [1.29, 1.82) is 0 Å². The number of aromatic nitrogens is 2. The van der Waals surface area contributed by atoms with Crippen molar-refractivity contribution in [2.24, 2.45) is 0 Å². The number of rotatable bonds is 5. The van der Waals surface area contributed by atoms with Crippen LogP contribution in [0.3, 0.4) is 0 Å². The molecule has 1 amide bonds. The summed E-state index contributed by atoms with van der Waals surface area (Å²) in [6.07, 6.45) is 0. The minimum atomic E-state index is -0.214. The molecule has 6 heteroatoms. The van der Waals surface area contributed by atoms with Gasteiger partial charge >= 0.3 is 0 Å². The Hall–Kier alpha value is -2.18. The molecule has 3 aromatic rings. The number of fused-ring (bicyclic) bond motifs is 1. The van der Waals surface area contributed by atoms with E-state index < -0.39 is 0 Å². The van der Waals surface area contributed by atoms with E-state index in [9.17, 15) is 4.79 Å². The molecule has 0 aliphatic carbocycles. The summed E-state index contributed by atoms with van der Waals surface area (Å²) in [6.45, 7) is 4.92. The van der Waals surface area contributed by atoms with Crippen molar-refractivity contribution in [3.63, 3.8) is 0 Å². The summed E-state index contributed by atoms with van der Waals surface area (Å²) < 4.78 is 1.95. The van der Waals surface area contributed by atoms with E-state index in [1.165, 1.54) is 16.9 Å². The SMILES string of the molecule is CCONC(=O)c1cc2c(C)nn(Cc3ccccc3)c2s1. The Labute approximate surface area is 132 Å². The molecule has 0 saturated heterocycles. The van der Waals surface area contributed by atoms with Crippen LogP contribution in [-0.2, 0) is 11.4 Å². The van der Waals surface area contributed by atoms with Gasteiger partial charge in [-0.15, -0.1) is 11.3 Å². The first-order chi connectivity index (χ1) is 10.7. The lowest BCUT2D eigenvalue weighted by atomic mass is 10.2. The van der Waals surface area contributed by atoms with Crippen LogP contribution in [0.25, 0.3) is 10.2 Å². The van der Waals surface area contributed by atoms with E-state index in [1.807, 2.05) is 42.8 Å². The highest BCUT2D eigenvalue weighted by Gasteiger charge is 2.16. The fraction of sp³-hybridized carbons (Fsp3) is 0.250. The second kappa shape index (κ2) is 6.29. The summed E-state index contributed by atoms with van der Waals surface area (Å²) in [5.74, 6) is -0.214. The molecule has 0 unspecified atom stereocenters. The van der Waals surface area contributed by atoms with E-state index in [-0.39, 0.29) is 5.91 Å². The van der Waals surface area contributed by atoms with Crippen LogP contribution in [0.5, 0.6) is 0 Å². The highest BCUT2D eigenvalue weighted by Crippen LogP contribution is 2.28. The zero-order valence-corrected chi connectivity index (χ0v) is 13.3. The van der Waals surface area contributed by atoms with Crippen molar-refractivity contribution in [1.82, 2.24) is 15.3 Å². The van der Waals surface area contributed by atoms with Crippen molar-refractivity contribution in [3.8, 4) is 0 Å². The van der Waals surface area contributed by atoms with E-state index in [2.05, 4.69) is 22.7 Å². The second-order valence-corrected chi connectivity index (χ2v) is 5.95. The molecule has 0 saturated carbocycles. The molecule has 0 aliphatic heterocycles. The van der Waals surface area contributed by atoms with Crippen LogP contribution in [0.2, 0.25) is 0 Å². The van der Waals surface area contributed by atoms with Crippen LogP contribution in [0, 0.1) is 6.92 Å². The lowest BCUT2D eigenvalue weighted by Crippen LogP contribution is -2.22. The quantitative estimate of drug-likeness (QED) is 0.736. The number of hydrogen-bond donors (Lipinski definition) is 1. The number of carbonyl (C=O) groups excluding carboxylic acids is 1. The van der Waals surface area contributed by atoms with Gasteiger partial charge in [0.25, 0.3) is 5.91 Å². The maximum atomic E-state index is 12.0. The molecule has 22 heavy (non-hydrogen) atoms. The molecule has 2 aromatic heterocycles. The van der Waals surface area contributed by atoms with Gasteiger partial charge in [-0.05, 0) is 25.5 Å². The Morgan fingerprint density at radius 3 is 2.86 bits per heavy atom. The first kappa shape index (κ1) is 14.7. The van der Waals surface area contributed by atoms with Crippen LogP contribution < -0.4 is 5.48 Å². The summed E-state index contributed by atoms with van der Waals surface area (Å²) in [6, 6.07) is 12.0. The molecule has 0 bridgehead atoms. The van der Waals surface area contributed by atoms with E-state index >= 15 is 0 Å². The van der Waals surface area contributed by atoms with E-state index in [1.54, 1.807) is 0 Å². The third-order valence-corrected chi connectivity index (χ3v) is 4.46. The van der Waals surface area contributed by atoms with Crippen molar-refractivity contribution in [2.75, 3.05) is 6.61 Å². The highest BCUT2D eigenvalue weighted by molar-refractivity contribution is 7.20. The third kappa shape index (κ3) is 2.88. The minimum absolute atomic E-state index is 0.214. The Morgan fingerprint density at radius 2 is 2.14 bits per heavy atom. The van der Waals surface area contributed by atoms with Crippen molar-refractivity contribution in [3.05, 3.63) is 52.5 Å². The Morgan fingerprint density at radius 1 is 1.36 bits per heavy atom. The summed E-state index contributed by atoms with van der Waals surface area (Å²) in [5.41, 5.74) is 4.54. The van der Waals surface area contributed by atoms with E-state index in [0.29, 0.717) is 18.0 Å². The zero-order chi connectivity index (χ0) is 15.5. The van der Waals surface area contributed by atoms with Gasteiger partial charge in [-0.2, -0.15) is 5.10 Å². The Kier molecular flexibility index (Phi) is 4.22. The second-order valence-electron chi connectivity index (χ2n) is 4.92. The average molecular weight is 315 g/mol. The molecule has 1 N–H and O–H groups in total. The average Bonchev–Trinajstić information content (AvgIpc) is 3.08. The third-order valence-electron chi connectivity index (χ3n) is 3.32. The maximum Gasteiger partial charge on any atom is 0.284 e. The largest absolute Gasteiger partial charge is 0.284 e. The zero-order valence-electron chi connectivity index (χ0n) is 12.5. The molecule has 0 aliphatic rings. The van der Waals surface area contributed by atoms with Crippen LogP contribution in [0.1, 0.15) is 27.9 Å². The van der Waals surface area contributed by atoms with Crippen molar-refractivity contribution < 1.29 is 9.63 Å². The van der Waals surface area contributed by atoms with E-state index in [4.69, 9.17) is 4.84 Å². The van der Waals surface area contributed by atoms with Crippen LogP contribution in [-0.4, -0.2) is 22.3 Å². The van der Waals surface area contributed by atoms with Crippen LogP contribution in [0.4, 0.5) is 0 Å². The molecule has 3 rings (SSSR count). The number of nitrogens with zero attached hydrogens (tertiary/aromatic N) is 2. The monoisotopic (exact) mass is 315 g/mol. The van der Waals surface area contributed by atoms with E-state index in [0.717, 1.165) is 15.9 Å². The first-order valence-corrected chi connectivity index (χ1v) is 7.93. The van der Waals surface area contributed by atoms with Crippen LogP contribution >= 0.6 is 11.3 Å². The fourth-order valence-electron chi connectivity index (χ4n) is 2.28. The number of benzene rings is 1. The molecule has 2 heterocycles. The molecule has 0 spiro atoms. The molecule has 1 aromatic carbocycles. The van der Waals surface area contributed by atoms with Gasteiger partial charge in [0.15, 0.2) is 0 Å². The number of carbonyl (C=O) groups is 1. The van der Waals surface area contributed by atoms with Gasteiger partial charge < -0.3 is 0 Å². The van der Waals surface area contributed by atoms with Crippen molar-refractivity contribution in [2.45, 2.75) is 20.4 Å². The topological polar surface area (TPSA) is 56.1 Å². The number of hydroxylamine groups is 1. The fourth-order valence-corrected chi connectivity index (χ4v) is 3.32. The summed E-state index contributed by atoms with van der Waals surface area (Å²) in [4.78, 5) is 18.6. The summed E-state index contributed by atoms with van der Waals surface area (Å²) in [5, 5.41) is 5.59. The van der Waals surface area contributed by atoms with Gasteiger partial charge in [-0.25, -0.2) is 5.48 Å². The lowest BCUT2D eigenvalue weighted by molar-refractivity contribution is 0.0368. The Balaban J connectivity index is 1.91. The molecular formula is C16H17N3O2S. The molecule has 0 atom stereocenters. The molecular weight excluding hydrogens is 298 g/mol. The van der Waals surface area contributed by atoms with Gasteiger partial charge in [0.1, 0.15) is 4.83 Å². The van der Waals surface area contributed by atoms with Gasteiger partial charge in [-0.3, -0.25) is 14.3 Å². The van der Waals surface area contributed by atoms with Crippen LogP contribution in [0.15, 0.2) is 36.4 Å². The van der Waals surface area contributed by atoms with Crippen molar-refractivity contribution >= 4 is 27.5 Å². The standard InChI is InChI=1S/C16H17N3O2S/c1-3-21-18-15(20)14-9-13-11(2)17-19(16(13)22-14)10-12-7-5-4-6-8-12/h4-9H,3,10H2,1-2H3,(H,18,20). The predicted octanol–water partition coefficient (Wildman–Crippen LogP) is 3.14. The molecule has 0 fully saturated rings. The molecule has 0 radical (unpaired) electrons. The summed E-state index contributed by atoms with van der Waals surface area (Å²) in [7, 11) is 0. The number of hydrogen-bond acceptors (Lipinski definition) is 4. The normalized spacial score (nSPS) is 11.0. The van der Waals surface area contributed by atoms with Gasteiger partial charge in [0.2, 0.25) is 0 Å². The van der Waals surface area contributed by atoms with Gasteiger partial charge in [0.05, 0.1) is 23.7 Å². The number of aryl methyl sites for hydroxylation is 1.